The first-order chi connectivity index (χ1) is 13.3. The van der Waals surface area contributed by atoms with E-state index in [-0.39, 0.29) is 6.10 Å². The van der Waals surface area contributed by atoms with E-state index in [9.17, 15) is 18.3 Å². The first kappa shape index (κ1) is 19.3. The minimum atomic E-state index is -4.40. The second-order valence-electron chi connectivity index (χ2n) is 7.80. The number of benzene rings is 2. The van der Waals surface area contributed by atoms with Gasteiger partial charge in [-0.25, -0.2) is 0 Å². The zero-order valence-corrected chi connectivity index (χ0v) is 15.6. The molecule has 28 heavy (non-hydrogen) atoms. The lowest BCUT2D eigenvalue weighted by atomic mass is 9.83. The van der Waals surface area contributed by atoms with Crippen molar-refractivity contribution in [2.45, 2.75) is 43.6 Å². The van der Waals surface area contributed by atoms with Crippen LogP contribution in [-0.4, -0.2) is 35.7 Å². The zero-order valence-electron chi connectivity index (χ0n) is 15.6. The van der Waals surface area contributed by atoms with E-state index in [0.29, 0.717) is 31.5 Å². The zero-order chi connectivity index (χ0) is 19.8. The molecular formula is C22H24F3NO2. The molecular weight excluding hydrogens is 367 g/mol. The molecule has 2 aliphatic heterocycles. The molecule has 1 fully saturated rings. The number of aryl methyl sites for hydroxylation is 1. The lowest BCUT2D eigenvalue weighted by molar-refractivity contribution is -0.137. The Kier molecular flexibility index (Phi) is 5.10. The average molecular weight is 391 g/mol. The second-order valence-corrected chi connectivity index (χ2v) is 7.80. The van der Waals surface area contributed by atoms with Crippen LogP contribution in [0.3, 0.4) is 0 Å². The summed E-state index contributed by atoms with van der Waals surface area (Å²) < 4.78 is 45.0. The summed E-state index contributed by atoms with van der Waals surface area (Å²) in [6.07, 6.45) is -1.53. The van der Waals surface area contributed by atoms with Crippen LogP contribution < -0.4 is 4.74 Å². The van der Waals surface area contributed by atoms with Crippen molar-refractivity contribution in [3.63, 3.8) is 0 Å². The molecule has 1 N–H and O–H groups in total. The molecule has 0 radical (unpaired) electrons. The summed E-state index contributed by atoms with van der Waals surface area (Å²) in [6.45, 7) is 2.04. The Labute approximate surface area is 162 Å². The van der Waals surface area contributed by atoms with Crippen LogP contribution in [0.5, 0.6) is 5.75 Å². The van der Waals surface area contributed by atoms with Crippen molar-refractivity contribution in [3.8, 4) is 5.75 Å². The summed E-state index contributed by atoms with van der Waals surface area (Å²) in [5.41, 5.74) is -0.339. The van der Waals surface area contributed by atoms with Crippen molar-refractivity contribution in [1.29, 1.82) is 0 Å². The van der Waals surface area contributed by atoms with Crippen LogP contribution in [0.2, 0.25) is 0 Å². The molecule has 0 aromatic heterocycles. The topological polar surface area (TPSA) is 32.7 Å². The van der Waals surface area contributed by atoms with Gasteiger partial charge in [0.15, 0.2) is 0 Å². The number of piperidine rings is 1. The predicted octanol–water partition coefficient (Wildman–Crippen LogP) is 4.38. The monoisotopic (exact) mass is 391 g/mol. The van der Waals surface area contributed by atoms with Gasteiger partial charge in [-0.2, -0.15) is 13.2 Å². The molecule has 0 spiro atoms. The smallest absolute Gasteiger partial charge is 0.416 e. The van der Waals surface area contributed by atoms with Gasteiger partial charge in [-0.3, -0.25) is 4.90 Å². The van der Waals surface area contributed by atoms with Crippen molar-refractivity contribution < 1.29 is 23.0 Å². The highest BCUT2D eigenvalue weighted by Crippen LogP contribution is 2.37. The Morgan fingerprint density at radius 1 is 1.07 bits per heavy atom. The van der Waals surface area contributed by atoms with Crippen molar-refractivity contribution >= 4 is 0 Å². The van der Waals surface area contributed by atoms with Crippen LogP contribution in [-0.2, 0) is 18.2 Å². The molecule has 1 unspecified atom stereocenters. The quantitative estimate of drug-likeness (QED) is 0.843. The highest BCUT2D eigenvalue weighted by molar-refractivity contribution is 5.35. The number of ether oxygens (including phenoxy) is 1. The number of hydrogen-bond donors (Lipinski definition) is 1. The molecule has 2 aromatic rings. The summed E-state index contributed by atoms with van der Waals surface area (Å²) in [4.78, 5) is 2.24. The van der Waals surface area contributed by atoms with E-state index in [0.717, 1.165) is 37.3 Å². The highest BCUT2D eigenvalue weighted by atomic mass is 19.4. The Morgan fingerprint density at radius 2 is 1.82 bits per heavy atom. The van der Waals surface area contributed by atoms with Gasteiger partial charge in [-0.15, -0.1) is 0 Å². The van der Waals surface area contributed by atoms with Gasteiger partial charge in [-0.05, 0) is 55.0 Å². The average Bonchev–Trinajstić information content (AvgIpc) is 2.69. The largest absolute Gasteiger partial charge is 0.489 e. The van der Waals surface area contributed by atoms with Crippen LogP contribution in [0.1, 0.15) is 36.0 Å². The predicted molar refractivity (Wildman–Crippen MR) is 100 cm³/mol. The molecule has 1 atom stereocenters. The van der Waals surface area contributed by atoms with Gasteiger partial charge in [0, 0.05) is 19.6 Å². The van der Waals surface area contributed by atoms with E-state index in [4.69, 9.17) is 4.74 Å². The standard InChI is InChI=1S/C22H24F3NO2/c23-22(24,25)18-6-3-5-17(14-18)21(27)10-12-26(13-11-21)15-19-9-8-16-4-1-2-7-20(16)28-19/h1-7,14,19,27H,8-13,15H2. The number of hydrogen-bond acceptors (Lipinski definition) is 3. The molecule has 0 saturated carbocycles. The molecule has 2 aromatic carbocycles. The first-order valence-electron chi connectivity index (χ1n) is 9.70. The lowest BCUT2D eigenvalue weighted by Gasteiger charge is -2.40. The summed E-state index contributed by atoms with van der Waals surface area (Å²) in [5, 5.41) is 11.0. The van der Waals surface area contributed by atoms with Gasteiger partial charge < -0.3 is 9.84 Å². The summed E-state index contributed by atoms with van der Waals surface area (Å²) in [6, 6.07) is 13.1. The Bertz CT molecular complexity index is 829. The minimum absolute atomic E-state index is 0.106. The minimum Gasteiger partial charge on any atom is -0.489 e. The van der Waals surface area contributed by atoms with E-state index < -0.39 is 17.3 Å². The number of alkyl halides is 3. The van der Waals surface area contributed by atoms with Crippen LogP contribution in [0.15, 0.2) is 48.5 Å². The van der Waals surface area contributed by atoms with Crippen molar-refractivity contribution in [2.24, 2.45) is 0 Å². The number of rotatable bonds is 3. The van der Waals surface area contributed by atoms with Crippen LogP contribution in [0, 0.1) is 0 Å². The van der Waals surface area contributed by atoms with Gasteiger partial charge in [0.05, 0.1) is 11.2 Å². The number of fused-ring (bicyclic) bond motifs is 1. The second kappa shape index (κ2) is 7.41. The molecule has 4 rings (SSSR count). The third-order valence-electron chi connectivity index (χ3n) is 5.87. The SMILES string of the molecule is OC1(c2cccc(C(F)(F)F)c2)CCN(CC2CCc3ccccc3O2)CC1. The summed E-state index contributed by atoms with van der Waals surface area (Å²) in [5.74, 6) is 0.941. The summed E-state index contributed by atoms with van der Waals surface area (Å²) in [7, 11) is 0. The fraction of sp³-hybridized carbons (Fsp3) is 0.455. The molecule has 2 aliphatic rings. The van der Waals surface area contributed by atoms with Gasteiger partial charge in [0.2, 0.25) is 0 Å². The molecule has 0 aliphatic carbocycles. The number of aliphatic hydroxyl groups is 1. The van der Waals surface area contributed by atoms with E-state index in [1.165, 1.54) is 11.6 Å². The normalized spacial score (nSPS) is 22.4. The van der Waals surface area contributed by atoms with Gasteiger partial charge in [-0.1, -0.05) is 30.3 Å². The molecule has 6 heteroatoms. The number of nitrogens with zero attached hydrogens (tertiary/aromatic N) is 1. The fourth-order valence-corrected chi connectivity index (χ4v) is 4.18. The van der Waals surface area contributed by atoms with E-state index in [2.05, 4.69) is 11.0 Å². The van der Waals surface area contributed by atoms with E-state index in [1.807, 2.05) is 18.2 Å². The maximum Gasteiger partial charge on any atom is 0.416 e. The maximum atomic E-state index is 13.0. The molecule has 0 amide bonds. The number of para-hydroxylation sites is 1. The van der Waals surface area contributed by atoms with E-state index in [1.54, 1.807) is 6.07 Å². The fourth-order valence-electron chi connectivity index (χ4n) is 4.18. The van der Waals surface area contributed by atoms with Crippen molar-refractivity contribution in [3.05, 3.63) is 65.2 Å². The first-order valence-corrected chi connectivity index (χ1v) is 9.70. The van der Waals surface area contributed by atoms with Crippen molar-refractivity contribution in [2.75, 3.05) is 19.6 Å². The van der Waals surface area contributed by atoms with Gasteiger partial charge in [0.25, 0.3) is 0 Å². The Morgan fingerprint density at radius 3 is 2.57 bits per heavy atom. The maximum absolute atomic E-state index is 13.0. The molecule has 0 bridgehead atoms. The third-order valence-corrected chi connectivity index (χ3v) is 5.87. The molecule has 3 nitrogen and oxygen atoms in total. The molecule has 2 heterocycles. The van der Waals surface area contributed by atoms with E-state index >= 15 is 0 Å². The van der Waals surface area contributed by atoms with Crippen LogP contribution in [0.4, 0.5) is 13.2 Å². The Balaban J connectivity index is 1.37. The molecule has 150 valence electrons. The lowest BCUT2D eigenvalue weighted by Crippen LogP contribution is -2.46. The third kappa shape index (κ3) is 4.03. The number of halogens is 3. The van der Waals surface area contributed by atoms with Gasteiger partial charge in [0.1, 0.15) is 11.9 Å². The summed E-state index contributed by atoms with van der Waals surface area (Å²) >= 11 is 0. The van der Waals surface area contributed by atoms with Crippen LogP contribution in [0.25, 0.3) is 0 Å². The Hall–Kier alpha value is -2.05. The van der Waals surface area contributed by atoms with Crippen LogP contribution >= 0.6 is 0 Å². The highest BCUT2D eigenvalue weighted by Gasteiger charge is 2.37. The molecule has 1 saturated heterocycles. The van der Waals surface area contributed by atoms with Crippen molar-refractivity contribution in [1.82, 2.24) is 4.90 Å². The number of likely N-dealkylation sites (tertiary alicyclic amines) is 1. The van der Waals surface area contributed by atoms with Gasteiger partial charge >= 0.3 is 6.18 Å².